The highest BCUT2D eigenvalue weighted by Gasteiger charge is 2.54. The molecule has 3 rings (SSSR count). The van der Waals surface area contributed by atoms with Crippen LogP contribution in [-0.4, -0.2) is 31.1 Å². The van der Waals surface area contributed by atoms with Crippen molar-refractivity contribution >= 4 is 5.70 Å². The second kappa shape index (κ2) is 8.78. The van der Waals surface area contributed by atoms with E-state index in [2.05, 4.69) is 31.0 Å². The summed E-state index contributed by atoms with van der Waals surface area (Å²) < 4.78 is 13.0. The number of nitrogens with one attached hydrogen (secondary N) is 1. The first-order chi connectivity index (χ1) is 13.7. The molecule has 1 aliphatic carbocycles. The van der Waals surface area contributed by atoms with Crippen LogP contribution in [0, 0.1) is 22.6 Å². The molecule has 0 radical (unpaired) electrons. The largest absolute Gasteiger partial charge is 0.398 e. The van der Waals surface area contributed by atoms with Crippen molar-refractivity contribution in [3.8, 4) is 0 Å². The summed E-state index contributed by atoms with van der Waals surface area (Å²) in [7, 11) is 0. The maximum absolute atomic E-state index is 13.0. The molecular formula is C24H37FN4. The van der Waals surface area contributed by atoms with Crippen LogP contribution in [0.5, 0.6) is 0 Å². The SMILES string of the molecule is CC(C)(C)CCN1CCC2(CC1)CC2CN/C(N)=C/C=C(\N)c1ccc(F)cc1. The van der Waals surface area contributed by atoms with Crippen molar-refractivity contribution in [2.75, 3.05) is 26.2 Å². The Balaban J connectivity index is 1.41. The lowest BCUT2D eigenvalue weighted by molar-refractivity contribution is 0.146. The molecule has 5 N–H and O–H groups in total. The van der Waals surface area contributed by atoms with Crippen LogP contribution in [0.1, 0.15) is 52.0 Å². The van der Waals surface area contributed by atoms with Crippen molar-refractivity contribution in [3.63, 3.8) is 0 Å². The number of piperidine rings is 1. The van der Waals surface area contributed by atoms with Gasteiger partial charge in [0, 0.05) is 12.2 Å². The lowest BCUT2D eigenvalue weighted by Gasteiger charge is -2.34. The third-order valence-electron chi connectivity index (χ3n) is 6.56. The van der Waals surface area contributed by atoms with Crippen LogP contribution in [0.15, 0.2) is 42.2 Å². The first kappa shape index (κ1) is 21.7. The number of nitrogens with two attached hydrogens (primary N) is 2. The Bertz CT molecular complexity index is 737. The van der Waals surface area contributed by atoms with Gasteiger partial charge in [-0.1, -0.05) is 32.9 Å². The Morgan fingerprint density at radius 2 is 1.83 bits per heavy atom. The van der Waals surface area contributed by atoms with E-state index < -0.39 is 0 Å². The maximum atomic E-state index is 13.0. The van der Waals surface area contributed by atoms with Crippen molar-refractivity contribution in [3.05, 3.63) is 53.6 Å². The lowest BCUT2D eigenvalue weighted by atomic mass is 9.88. The summed E-state index contributed by atoms with van der Waals surface area (Å²) in [5, 5.41) is 3.35. The number of hydrogen-bond donors (Lipinski definition) is 3. The van der Waals surface area contributed by atoms with Crippen LogP contribution in [0.3, 0.4) is 0 Å². The van der Waals surface area contributed by atoms with Gasteiger partial charge in [-0.15, -0.1) is 0 Å². The number of benzene rings is 1. The Kier molecular flexibility index (Phi) is 6.57. The smallest absolute Gasteiger partial charge is 0.123 e. The molecule has 0 bridgehead atoms. The minimum Gasteiger partial charge on any atom is -0.398 e. The Morgan fingerprint density at radius 3 is 2.45 bits per heavy atom. The van der Waals surface area contributed by atoms with Crippen LogP contribution >= 0.6 is 0 Å². The van der Waals surface area contributed by atoms with E-state index in [1.54, 1.807) is 24.3 Å². The van der Waals surface area contributed by atoms with E-state index in [0.717, 1.165) is 18.0 Å². The fourth-order valence-electron chi connectivity index (χ4n) is 4.27. The number of rotatable bonds is 7. The zero-order chi connectivity index (χ0) is 21.1. The number of hydrogen-bond acceptors (Lipinski definition) is 4. The molecule has 29 heavy (non-hydrogen) atoms. The highest BCUT2D eigenvalue weighted by Crippen LogP contribution is 2.59. The van der Waals surface area contributed by atoms with Crippen LogP contribution in [0.2, 0.25) is 0 Å². The molecule has 2 fully saturated rings. The second-order valence-electron chi connectivity index (χ2n) is 10.0. The average Bonchev–Trinajstić information content (AvgIpc) is 3.35. The summed E-state index contributed by atoms with van der Waals surface area (Å²) in [4.78, 5) is 2.64. The minimum atomic E-state index is -0.267. The van der Waals surface area contributed by atoms with E-state index in [-0.39, 0.29) is 5.82 Å². The summed E-state index contributed by atoms with van der Waals surface area (Å²) in [6.45, 7) is 11.6. The van der Waals surface area contributed by atoms with Gasteiger partial charge in [0.05, 0.1) is 5.82 Å². The van der Waals surface area contributed by atoms with E-state index in [1.165, 1.54) is 57.5 Å². The van der Waals surface area contributed by atoms with Gasteiger partial charge in [0.1, 0.15) is 5.82 Å². The van der Waals surface area contributed by atoms with E-state index in [1.807, 2.05) is 0 Å². The minimum absolute atomic E-state index is 0.267. The molecule has 1 heterocycles. The van der Waals surface area contributed by atoms with Gasteiger partial charge in [0.25, 0.3) is 0 Å². The summed E-state index contributed by atoms with van der Waals surface area (Å²) in [6.07, 6.45) is 8.76. The molecule has 5 heteroatoms. The molecule has 1 saturated heterocycles. The van der Waals surface area contributed by atoms with Crippen LogP contribution < -0.4 is 16.8 Å². The Morgan fingerprint density at radius 1 is 1.17 bits per heavy atom. The highest BCUT2D eigenvalue weighted by molar-refractivity contribution is 5.64. The third kappa shape index (κ3) is 6.23. The topological polar surface area (TPSA) is 67.3 Å². The van der Waals surface area contributed by atoms with Crippen molar-refractivity contribution in [1.82, 2.24) is 10.2 Å². The molecule has 160 valence electrons. The van der Waals surface area contributed by atoms with E-state index in [4.69, 9.17) is 11.5 Å². The Labute approximate surface area is 175 Å². The van der Waals surface area contributed by atoms with Crippen molar-refractivity contribution < 1.29 is 4.39 Å². The molecular weight excluding hydrogens is 363 g/mol. The highest BCUT2D eigenvalue weighted by atomic mass is 19.1. The first-order valence-corrected chi connectivity index (χ1v) is 10.8. The predicted octanol–water partition coefficient (Wildman–Crippen LogP) is 4.05. The molecule has 0 amide bonds. The zero-order valence-electron chi connectivity index (χ0n) is 18.2. The van der Waals surface area contributed by atoms with Gasteiger partial charge in [-0.05, 0) is 91.9 Å². The molecule has 1 spiro atoms. The van der Waals surface area contributed by atoms with Crippen molar-refractivity contribution in [2.24, 2.45) is 28.2 Å². The van der Waals surface area contributed by atoms with E-state index in [0.29, 0.717) is 22.3 Å². The van der Waals surface area contributed by atoms with Crippen LogP contribution in [0.25, 0.3) is 5.70 Å². The van der Waals surface area contributed by atoms with Gasteiger partial charge in [-0.25, -0.2) is 4.39 Å². The van der Waals surface area contributed by atoms with Gasteiger partial charge in [0.2, 0.25) is 0 Å². The molecule has 1 aromatic rings. The molecule has 1 atom stereocenters. The molecule has 1 unspecified atom stereocenters. The number of likely N-dealkylation sites (tertiary alicyclic amines) is 1. The molecule has 1 aromatic carbocycles. The van der Waals surface area contributed by atoms with Crippen LogP contribution in [-0.2, 0) is 0 Å². The third-order valence-corrected chi connectivity index (χ3v) is 6.56. The number of nitrogens with zero attached hydrogens (tertiary/aromatic N) is 1. The monoisotopic (exact) mass is 400 g/mol. The quantitative estimate of drug-likeness (QED) is 0.604. The molecule has 1 aliphatic heterocycles. The normalized spacial score (nSPS) is 22.7. The standard InChI is InChI=1S/C24H37FN4/c1-23(2,3)10-13-29-14-11-24(12-15-29)16-19(24)17-28-22(27)9-8-21(26)18-4-6-20(25)7-5-18/h4-9,19,28H,10-17,26-27H2,1-3H3/b21-8-,22-9+. The van der Waals surface area contributed by atoms with Crippen molar-refractivity contribution in [2.45, 2.75) is 46.5 Å². The van der Waals surface area contributed by atoms with Gasteiger partial charge in [-0.2, -0.15) is 0 Å². The molecule has 4 nitrogen and oxygen atoms in total. The number of halogens is 1. The lowest BCUT2D eigenvalue weighted by Crippen LogP contribution is -2.37. The molecule has 2 aliphatic rings. The zero-order valence-corrected chi connectivity index (χ0v) is 18.2. The fraction of sp³-hybridized carbons (Fsp3) is 0.583. The van der Waals surface area contributed by atoms with Gasteiger partial charge in [-0.3, -0.25) is 0 Å². The van der Waals surface area contributed by atoms with Gasteiger partial charge in [0.15, 0.2) is 0 Å². The average molecular weight is 401 g/mol. The summed E-state index contributed by atoms with van der Waals surface area (Å²) in [6, 6.07) is 6.14. The summed E-state index contributed by atoms with van der Waals surface area (Å²) in [5.74, 6) is 1.08. The number of allylic oxidation sites excluding steroid dienone is 2. The Hall–Kier alpha value is -2.01. The summed E-state index contributed by atoms with van der Waals surface area (Å²) in [5.41, 5.74) is 14.5. The second-order valence-corrected chi connectivity index (χ2v) is 10.0. The molecule has 1 saturated carbocycles. The van der Waals surface area contributed by atoms with Gasteiger partial charge < -0.3 is 21.7 Å². The fourth-order valence-corrected chi connectivity index (χ4v) is 4.27. The van der Waals surface area contributed by atoms with Crippen molar-refractivity contribution in [1.29, 1.82) is 0 Å². The van der Waals surface area contributed by atoms with E-state index in [9.17, 15) is 4.39 Å². The predicted molar refractivity (Wildman–Crippen MR) is 119 cm³/mol. The van der Waals surface area contributed by atoms with Crippen LogP contribution in [0.4, 0.5) is 4.39 Å². The van der Waals surface area contributed by atoms with Gasteiger partial charge >= 0.3 is 0 Å². The maximum Gasteiger partial charge on any atom is 0.123 e. The summed E-state index contributed by atoms with van der Waals surface area (Å²) >= 11 is 0. The first-order valence-electron chi connectivity index (χ1n) is 10.8. The molecule has 0 aromatic heterocycles. The van der Waals surface area contributed by atoms with E-state index >= 15 is 0 Å².